The zero-order valence-electron chi connectivity index (χ0n) is 11.9. The van der Waals surface area contributed by atoms with Gasteiger partial charge in [-0.05, 0) is 31.4 Å². The lowest BCUT2D eigenvalue weighted by Gasteiger charge is -2.15. The van der Waals surface area contributed by atoms with Gasteiger partial charge in [-0.25, -0.2) is 4.79 Å². The van der Waals surface area contributed by atoms with Crippen molar-refractivity contribution in [3.63, 3.8) is 0 Å². The SMILES string of the molecule is Cc1cc(Cl)c2ccccc2c1NC(=O)NCC1(N)CC1. The molecule has 2 aromatic carbocycles. The van der Waals surface area contributed by atoms with Gasteiger partial charge >= 0.3 is 6.03 Å². The molecule has 0 saturated heterocycles. The molecule has 1 saturated carbocycles. The summed E-state index contributed by atoms with van der Waals surface area (Å²) in [5.41, 5.74) is 7.49. The number of benzene rings is 2. The van der Waals surface area contributed by atoms with E-state index in [0.29, 0.717) is 11.6 Å². The molecule has 4 nitrogen and oxygen atoms in total. The van der Waals surface area contributed by atoms with Gasteiger partial charge in [-0.1, -0.05) is 35.9 Å². The lowest BCUT2D eigenvalue weighted by Crippen LogP contribution is -2.41. The third kappa shape index (κ3) is 2.96. The first kappa shape index (κ1) is 14.2. The minimum atomic E-state index is -0.234. The molecule has 0 bridgehead atoms. The van der Waals surface area contributed by atoms with Crippen LogP contribution >= 0.6 is 11.6 Å². The Morgan fingerprint density at radius 2 is 2.00 bits per heavy atom. The van der Waals surface area contributed by atoms with E-state index in [-0.39, 0.29) is 11.6 Å². The molecule has 0 spiro atoms. The van der Waals surface area contributed by atoms with Crippen molar-refractivity contribution in [3.05, 3.63) is 40.9 Å². The number of nitrogens with one attached hydrogen (secondary N) is 2. The summed E-state index contributed by atoms with van der Waals surface area (Å²) in [4.78, 5) is 12.1. The molecule has 0 atom stereocenters. The Morgan fingerprint density at radius 1 is 1.33 bits per heavy atom. The Labute approximate surface area is 128 Å². The highest BCUT2D eigenvalue weighted by molar-refractivity contribution is 6.36. The van der Waals surface area contributed by atoms with Gasteiger partial charge < -0.3 is 16.4 Å². The molecule has 110 valence electrons. The van der Waals surface area contributed by atoms with E-state index in [1.54, 1.807) is 0 Å². The van der Waals surface area contributed by atoms with E-state index in [1.807, 2.05) is 37.3 Å². The lowest BCUT2D eigenvalue weighted by molar-refractivity contribution is 0.251. The second-order valence-corrected chi connectivity index (χ2v) is 6.17. The van der Waals surface area contributed by atoms with E-state index in [2.05, 4.69) is 10.6 Å². The van der Waals surface area contributed by atoms with Gasteiger partial charge in [0.25, 0.3) is 0 Å². The number of halogens is 1. The van der Waals surface area contributed by atoms with Crippen LogP contribution in [0.2, 0.25) is 5.02 Å². The molecule has 5 heteroatoms. The molecule has 0 heterocycles. The zero-order valence-corrected chi connectivity index (χ0v) is 12.6. The minimum Gasteiger partial charge on any atom is -0.336 e. The van der Waals surface area contributed by atoms with Crippen LogP contribution in [0.1, 0.15) is 18.4 Å². The summed E-state index contributed by atoms with van der Waals surface area (Å²) in [6, 6.07) is 9.39. The third-order valence-corrected chi connectivity index (χ3v) is 4.24. The van der Waals surface area contributed by atoms with E-state index in [0.717, 1.165) is 34.9 Å². The molecule has 3 rings (SSSR count). The van der Waals surface area contributed by atoms with Gasteiger partial charge in [0.1, 0.15) is 0 Å². The first-order chi connectivity index (χ1) is 9.98. The number of anilines is 1. The summed E-state index contributed by atoms with van der Waals surface area (Å²) < 4.78 is 0. The third-order valence-electron chi connectivity index (χ3n) is 3.92. The maximum atomic E-state index is 12.1. The summed E-state index contributed by atoms with van der Waals surface area (Å²) in [6.07, 6.45) is 1.94. The number of fused-ring (bicyclic) bond motifs is 1. The van der Waals surface area contributed by atoms with Gasteiger partial charge in [0, 0.05) is 27.9 Å². The van der Waals surface area contributed by atoms with Crippen LogP contribution in [0.4, 0.5) is 10.5 Å². The van der Waals surface area contributed by atoms with Gasteiger partial charge in [-0.2, -0.15) is 0 Å². The van der Waals surface area contributed by atoms with Crippen LogP contribution in [-0.2, 0) is 0 Å². The average Bonchev–Trinajstić information content (AvgIpc) is 3.20. The van der Waals surface area contributed by atoms with Gasteiger partial charge in [0.15, 0.2) is 0 Å². The fourth-order valence-corrected chi connectivity index (χ4v) is 2.71. The smallest absolute Gasteiger partial charge is 0.319 e. The minimum absolute atomic E-state index is 0.200. The topological polar surface area (TPSA) is 67.2 Å². The monoisotopic (exact) mass is 303 g/mol. The van der Waals surface area contributed by atoms with Crippen LogP contribution in [-0.4, -0.2) is 18.1 Å². The number of carbonyl (C=O) groups excluding carboxylic acids is 1. The molecule has 4 N–H and O–H groups in total. The lowest BCUT2D eigenvalue weighted by atomic mass is 10.0. The molecule has 1 aliphatic carbocycles. The van der Waals surface area contributed by atoms with Crippen molar-refractivity contribution in [2.45, 2.75) is 25.3 Å². The maximum absolute atomic E-state index is 12.1. The second-order valence-electron chi connectivity index (χ2n) is 5.77. The number of hydrogen-bond donors (Lipinski definition) is 3. The van der Waals surface area contributed by atoms with Crippen molar-refractivity contribution in [2.24, 2.45) is 5.73 Å². The number of hydrogen-bond acceptors (Lipinski definition) is 2. The number of carbonyl (C=O) groups is 1. The van der Waals surface area contributed by atoms with E-state index in [4.69, 9.17) is 17.3 Å². The van der Waals surface area contributed by atoms with E-state index in [9.17, 15) is 4.79 Å². The average molecular weight is 304 g/mol. The number of rotatable bonds is 3. The summed E-state index contributed by atoms with van der Waals surface area (Å²) in [6.45, 7) is 2.43. The van der Waals surface area contributed by atoms with Crippen molar-refractivity contribution < 1.29 is 4.79 Å². The standard InChI is InChI=1S/C16H18ClN3O/c1-10-8-13(17)11-4-2-3-5-12(11)14(10)20-15(21)19-9-16(18)6-7-16/h2-5,8H,6-7,9,18H2,1H3,(H2,19,20,21). The van der Waals surface area contributed by atoms with E-state index < -0.39 is 0 Å². The Morgan fingerprint density at radius 3 is 2.67 bits per heavy atom. The Kier molecular flexibility index (Phi) is 3.51. The van der Waals surface area contributed by atoms with Crippen molar-refractivity contribution in [2.75, 3.05) is 11.9 Å². The van der Waals surface area contributed by atoms with Gasteiger partial charge in [-0.15, -0.1) is 0 Å². The van der Waals surface area contributed by atoms with E-state index in [1.165, 1.54) is 0 Å². The molecule has 21 heavy (non-hydrogen) atoms. The predicted molar refractivity (Wildman–Crippen MR) is 86.9 cm³/mol. The molecule has 0 aromatic heterocycles. The molecule has 1 fully saturated rings. The van der Waals surface area contributed by atoms with Crippen LogP contribution in [0.25, 0.3) is 10.8 Å². The van der Waals surface area contributed by atoms with Crippen molar-refractivity contribution in [1.29, 1.82) is 0 Å². The summed E-state index contributed by atoms with van der Waals surface area (Å²) in [5, 5.41) is 8.30. The molecular weight excluding hydrogens is 286 g/mol. The van der Waals surface area contributed by atoms with Crippen LogP contribution in [0.15, 0.2) is 30.3 Å². The van der Waals surface area contributed by atoms with Crippen LogP contribution in [0.3, 0.4) is 0 Å². The molecule has 0 unspecified atom stereocenters. The van der Waals surface area contributed by atoms with Crippen molar-refractivity contribution >= 4 is 34.1 Å². The summed E-state index contributed by atoms with van der Waals surface area (Å²) >= 11 is 6.26. The molecule has 2 amide bonds. The van der Waals surface area contributed by atoms with Gasteiger partial charge in [0.05, 0.1) is 5.69 Å². The normalized spacial score (nSPS) is 15.8. The first-order valence-corrected chi connectivity index (χ1v) is 7.38. The largest absolute Gasteiger partial charge is 0.336 e. The van der Waals surface area contributed by atoms with Crippen LogP contribution < -0.4 is 16.4 Å². The zero-order chi connectivity index (χ0) is 15.0. The number of amides is 2. The van der Waals surface area contributed by atoms with Crippen LogP contribution in [0.5, 0.6) is 0 Å². The fraction of sp³-hybridized carbons (Fsp3) is 0.312. The molecular formula is C16H18ClN3O. The van der Waals surface area contributed by atoms with Crippen LogP contribution in [0, 0.1) is 6.92 Å². The van der Waals surface area contributed by atoms with Crippen molar-refractivity contribution in [3.8, 4) is 0 Å². The maximum Gasteiger partial charge on any atom is 0.319 e. The number of aryl methyl sites for hydroxylation is 1. The molecule has 1 aliphatic rings. The Bertz CT molecular complexity index is 710. The van der Waals surface area contributed by atoms with Gasteiger partial charge in [-0.3, -0.25) is 0 Å². The fourth-order valence-electron chi connectivity index (χ4n) is 2.38. The summed E-state index contributed by atoms with van der Waals surface area (Å²) in [5.74, 6) is 0. The van der Waals surface area contributed by atoms with Gasteiger partial charge in [0.2, 0.25) is 0 Å². The number of nitrogens with two attached hydrogens (primary N) is 1. The second kappa shape index (κ2) is 5.20. The molecule has 2 aromatic rings. The predicted octanol–water partition coefficient (Wildman–Crippen LogP) is 3.41. The highest BCUT2D eigenvalue weighted by Gasteiger charge is 2.38. The summed E-state index contributed by atoms with van der Waals surface area (Å²) in [7, 11) is 0. The molecule has 0 radical (unpaired) electrons. The first-order valence-electron chi connectivity index (χ1n) is 7.00. The Hall–Kier alpha value is -1.78. The number of urea groups is 1. The highest BCUT2D eigenvalue weighted by Crippen LogP contribution is 2.33. The Balaban J connectivity index is 1.84. The molecule has 0 aliphatic heterocycles. The highest BCUT2D eigenvalue weighted by atomic mass is 35.5. The van der Waals surface area contributed by atoms with E-state index >= 15 is 0 Å². The van der Waals surface area contributed by atoms with Crippen molar-refractivity contribution in [1.82, 2.24) is 5.32 Å². The quantitative estimate of drug-likeness (QED) is 0.813.